The highest BCUT2D eigenvalue weighted by Gasteiger charge is 2.39. The Morgan fingerprint density at radius 2 is 2.24 bits per heavy atom. The summed E-state index contributed by atoms with van der Waals surface area (Å²) in [6, 6.07) is 0.162. The molecule has 0 aromatic carbocycles. The summed E-state index contributed by atoms with van der Waals surface area (Å²) in [6.45, 7) is 2.50. The Balaban J connectivity index is 2.15. The second-order valence-corrected chi connectivity index (χ2v) is 8.25. The summed E-state index contributed by atoms with van der Waals surface area (Å²) in [4.78, 5) is 13.4. The summed E-state index contributed by atoms with van der Waals surface area (Å²) in [6.07, 6.45) is 1.99. The molecule has 2 aliphatic rings. The molecular formula is C11H19NO3S2. The number of hydrogen-bond acceptors (Lipinski definition) is 5. The van der Waals surface area contributed by atoms with Crippen LogP contribution in [0.2, 0.25) is 0 Å². The fraction of sp³-hybridized carbons (Fsp3) is 0.909. The lowest BCUT2D eigenvalue weighted by Crippen LogP contribution is -2.51. The predicted molar refractivity (Wildman–Crippen MR) is 69.9 cm³/mol. The number of thioether (sulfide) groups is 1. The van der Waals surface area contributed by atoms with E-state index in [1.54, 1.807) is 18.7 Å². The molecule has 0 spiro atoms. The zero-order chi connectivity index (χ0) is 12.5. The molecule has 98 valence electrons. The van der Waals surface area contributed by atoms with Crippen molar-refractivity contribution in [2.75, 3.05) is 23.8 Å². The third-order valence-corrected chi connectivity index (χ3v) is 6.93. The normalized spacial score (nSPS) is 31.9. The minimum atomic E-state index is -3.03. The van der Waals surface area contributed by atoms with E-state index in [9.17, 15) is 13.2 Å². The number of nitrogens with zero attached hydrogens (tertiary/aromatic N) is 1. The van der Waals surface area contributed by atoms with E-state index in [4.69, 9.17) is 0 Å². The predicted octanol–water partition coefficient (Wildman–Crippen LogP) is 0.918. The lowest BCUT2D eigenvalue weighted by atomic mass is 10.2. The van der Waals surface area contributed by atoms with E-state index < -0.39 is 9.84 Å². The van der Waals surface area contributed by atoms with Crippen molar-refractivity contribution in [3.63, 3.8) is 0 Å². The van der Waals surface area contributed by atoms with Crippen LogP contribution in [-0.4, -0.2) is 54.3 Å². The average molecular weight is 277 g/mol. The molecular weight excluding hydrogens is 258 g/mol. The molecule has 0 aromatic heterocycles. The molecule has 0 bridgehead atoms. The second kappa shape index (κ2) is 5.28. The van der Waals surface area contributed by atoms with Crippen LogP contribution in [0.25, 0.3) is 0 Å². The minimum absolute atomic E-state index is 0.162. The van der Waals surface area contributed by atoms with Crippen LogP contribution >= 0.6 is 11.8 Å². The van der Waals surface area contributed by atoms with Crippen LogP contribution in [0.3, 0.4) is 0 Å². The highest BCUT2D eigenvalue weighted by molar-refractivity contribution is 8.01. The first-order chi connectivity index (χ1) is 8.04. The first-order valence-corrected chi connectivity index (χ1v) is 8.98. The Labute approximate surface area is 107 Å². The number of rotatable bonds is 3. The molecule has 2 rings (SSSR count). The largest absolute Gasteiger partial charge is 0.300 e. The molecule has 17 heavy (non-hydrogen) atoms. The van der Waals surface area contributed by atoms with E-state index in [0.717, 1.165) is 18.7 Å². The van der Waals surface area contributed by atoms with Crippen LogP contribution in [-0.2, 0) is 14.6 Å². The zero-order valence-electron chi connectivity index (χ0n) is 10.1. The molecule has 0 radical (unpaired) electrons. The first-order valence-electron chi connectivity index (χ1n) is 6.11. The highest BCUT2D eigenvalue weighted by atomic mass is 32.2. The Kier molecular flexibility index (Phi) is 4.15. The van der Waals surface area contributed by atoms with Crippen molar-refractivity contribution in [2.24, 2.45) is 0 Å². The monoisotopic (exact) mass is 277 g/mol. The van der Waals surface area contributed by atoms with Crippen LogP contribution in [0.15, 0.2) is 0 Å². The number of ketones is 1. The van der Waals surface area contributed by atoms with Gasteiger partial charge in [-0.05, 0) is 6.42 Å². The van der Waals surface area contributed by atoms with Gasteiger partial charge in [0.05, 0.1) is 0 Å². The molecule has 0 N–H and O–H groups in total. The van der Waals surface area contributed by atoms with Crippen molar-refractivity contribution in [3.05, 3.63) is 0 Å². The van der Waals surface area contributed by atoms with Gasteiger partial charge < -0.3 is 0 Å². The maximum Gasteiger partial charge on any atom is 0.166 e. The maximum atomic E-state index is 12.1. The summed E-state index contributed by atoms with van der Waals surface area (Å²) >= 11 is 1.70. The van der Waals surface area contributed by atoms with E-state index in [2.05, 4.69) is 4.90 Å². The van der Waals surface area contributed by atoms with E-state index in [-0.39, 0.29) is 23.0 Å². The van der Waals surface area contributed by atoms with Gasteiger partial charge in [0.2, 0.25) is 0 Å². The second-order valence-electron chi connectivity index (χ2n) is 4.65. The van der Waals surface area contributed by atoms with Crippen LogP contribution in [0.5, 0.6) is 0 Å². The number of Topliss-reactive ketones (excluding diaryl/α,β-unsaturated/α-hetero) is 1. The van der Waals surface area contributed by atoms with Crippen LogP contribution < -0.4 is 0 Å². The Morgan fingerprint density at radius 1 is 1.47 bits per heavy atom. The Morgan fingerprint density at radius 3 is 2.82 bits per heavy atom. The molecule has 2 unspecified atom stereocenters. The first kappa shape index (κ1) is 13.4. The van der Waals surface area contributed by atoms with Gasteiger partial charge in [-0.2, -0.15) is 11.8 Å². The number of hydrogen-bond donors (Lipinski definition) is 0. The van der Waals surface area contributed by atoms with Crippen molar-refractivity contribution >= 4 is 27.4 Å². The van der Waals surface area contributed by atoms with E-state index in [0.29, 0.717) is 18.6 Å². The molecule has 1 heterocycles. The summed E-state index contributed by atoms with van der Waals surface area (Å²) in [5.41, 5.74) is 0. The van der Waals surface area contributed by atoms with Crippen LogP contribution in [0, 0.1) is 0 Å². The van der Waals surface area contributed by atoms with Crippen LogP contribution in [0.4, 0.5) is 0 Å². The Bertz CT molecular complexity index is 394. The smallest absolute Gasteiger partial charge is 0.166 e. The summed E-state index contributed by atoms with van der Waals surface area (Å²) in [5.74, 6) is 2.09. The van der Waals surface area contributed by atoms with Crippen LogP contribution in [0.1, 0.15) is 26.2 Å². The SMILES string of the molecule is CCS(=O)(=O)C1CSCCN1C1CCC(=O)C1. The van der Waals surface area contributed by atoms with Gasteiger partial charge in [0.15, 0.2) is 9.84 Å². The average Bonchev–Trinajstić information content (AvgIpc) is 2.76. The third kappa shape index (κ3) is 2.85. The maximum absolute atomic E-state index is 12.1. The van der Waals surface area contributed by atoms with Crippen molar-refractivity contribution in [2.45, 2.75) is 37.6 Å². The van der Waals surface area contributed by atoms with Gasteiger partial charge in [0.25, 0.3) is 0 Å². The van der Waals surface area contributed by atoms with Gasteiger partial charge in [-0.3, -0.25) is 9.69 Å². The molecule has 2 fully saturated rings. The zero-order valence-corrected chi connectivity index (χ0v) is 11.7. The van der Waals surface area contributed by atoms with E-state index >= 15 is 0 Å². The third-order valence-electron chi connectivity index (χ3n) is 3.63. The molecule has 0 aromatic rings. The van der Waals surface area contributed by atoms with Crippen molar-refractivity contribution in [1.29, 1.82) is 0 Å². The summed E-state index contributed by atoms with van der Waals surface area (Å²) in [7, 11) is -3.03. The van der Waals surface area contributed by atoms with E-state index in [1.807, 2.05) is 0 Å². The molecule has 1 aliphatic carbocycles. The molecule has 2 atom stereocenters. The molecule has 0 amide bonds. The van der Waals surface area contributed by atoms with Gasteiger partial charge in [0, 0.05) is 42.7 Å². The fourth-order valence-corrected chi connectivity index (χ4v) is 5.68. The topological polar surface area (TPSA) is 54.5 Å². The number of carbonyl (C=O) groups is 1. The summed E-state index contributed by atoms with van der Waals surface area (Å²) in [5, 5.41) is -0.373. The fourth-order valence-electron chi connectivity index (χ4n) is 2.59. The summed E-state index contributed by atoms with van der Waals surface area (Å²) < 4.78 is 24.1. The molecule has 1 saturated carbocycles. The standard InChI is InChI=1S/C11H19NO3S2/c1-2-17(14,15)11-8-16-6-5-12(11)9-3-4-10(13)7-9/h9,11H,2-8H2,1H3. The number of carbonyl (C=O) groups excluding carboxylic acids is 1. The number of sulfone groups is 1. The molecule has 6 heteroatoms. The van der Waals surface area contributed by atoms with Gasteiger partial charge >= 0.3 is 0 Å². The van der Waals surface area contributed by atoms with Crippen molar-refractivity contribution < 1.29 is 13.2 Å². The molecule has 1 saturated heterocycles. The lowest BCUT2D eigenvalue weighted by Gasteiger charge is -2.38. The highest BCUT2D eigenvalue weighted by Crippen LogP contribution is 2.29. The molecule has 4 nitrogen and oxygen atoms in total. The molecule has 1 aliphatic heterocycles. The lowest BCUT2D eigenvalue weighted by molar-refractivity contribution is -0.117. The van der Waals surface area contributed by atoms with Crippen molar-refractivity contribution in [3.8, 4) is 0 Å². The van der Waals surface area contributed by atoms with Gasteiger partial charge in [-0.25, -0.2) is 8.42 Å². The van der Waals surface area contributed by atoms with Gasteiger partial charge in [0.1, 0.15) is 11.2 Å². The van der Waals surface area contributed by atoms with Crippen molar-refractivity contribution in [1.82, 2.24) is 4.90 Å². The van der Waals surface area contributed by atoms with E-state index in [1.165, 1.54) is 0 Å². The Hall–Kier alpha value is -0.0700. The minimum Gasteiger partial charge on any atom is -0.300 e. The van der Waals surface area contributed by atoms with Gasteiger partial charge in [-0.1, -0.05) is 6.92 Å². The quantitative estimate of drug-likeness (QED) is 0.768. The van der Waals surface area contributed by atoms with Gasteiger partial charge in [-0.15, -0.1) is 0 Å².